The Morgan fingerprint density at radius 3 is 2.93 bits per heavy atom. The van der Waals surface area contributed by atoms with Crippen molar-refractivity contribution in [1.82, 2.24) is 0 Å². The van der Waals surface area contributed by atoms with Crippen LogP contribution < -0.4 is 4.74 Å². The van der Waals surface area contributed by atoms with E-state index in [9.17, 15) is 5.11 Å². The Labute approximate surface area is 85.5 Å². The normalized spacial score (nSPS) is 10.1. The van der Waals surface area contributed by atoms with Gasteiger partial charge in [-0.3, -0.25) is 0 Å². The number of unbranched alkanes of at least 4 members (excludes halogenated alkanes) is 3. The van der Waals surface area contributed by atoms with Crippen molar-refractivity contribution in [2.24, 2.45) is 0 Å². The van der Waals surface area contributed by atoms with Crippen molar-refractivity contribution < 1.29 is 9.84 Å². The summed E-state index contributed by atoms with van der Waals surface area (Å²) >= 11 is 0. The second-order valence-electron chi connectivity index (χ2n) is 3.30. The third-order valence-electron chi connectivity index (χ3n) is 2.06. The predicted molar refractivity (Wildman–Crippen MR) is 56.6 cm³/mol. The Balaban J connectivity index is 2.21. The van der Waals surface area contributed by atoms with Crippen LogP contribution in [0.2, 0.25) is 0 Å². The minimum absolute atomic E-state index is 0.194. The molecule has 0 aliphatic carbocycles. The molecule has 0 heterocycles. The zero-order valence-corrected chi connectivity index (χ0v) is 8.62. The van der Waals surface area contributed by atoms with E-state index in [2.05, 4.69) is 13.0 Å². The highest BCUT2D eigenvalue weighted by atomic mass is 16.5. The van der Waals surface area contributed by atoms with Gasteiger partial charge in [0, 0.05) is 0 Å². The van der Waals surface area contributed by atoms with E-state index in [4.69, 9.17) is 4.74 Å². The van der Waals surface area contributed by atoms with E-state index in [0.717, 1.165) is 6.42 Å². The molecule has 2 heteroatoms. The summed E-state index contributed by atoms with van der Waals surface area (Å²) in [4.78, 5) is 0. The van der Waals surface area contributed by atoms with Crippen molar-refractivity contribution in [3.63, 3.8) is 0 Å². The Morgan fingerprint density at radius 1 is 1.36 bits per heavy atom. The van der Waals surface area contributed by atoms with Gasteiger partial charge in [-0.05, 0) is 24.6 Å². The van der Waals surface area contributed by atoms with Gasteiger partial charge >= 0.3 is 0 Å². The molecule has 0 unspecified atom stereocenters. The lowest BCUT2D eigenvalue weighted by Gasteiger charge is -2.06. The number of phenolic OH excluding ortho intramolecular Hbond substituents is 1. The molecule has 1 N–H and O–H groups in total. The first-order chi connectivity index (χ1) is 6.84. The lowest BCUT2D eigenvalue weighted by molar-refractivity contribution is 0.289. The number of hydrogen-bond donors (Lipinski definition) is 1. The van der Waals surface area contributed by atoms with Crippen LogP contribution in [0.3, 0.4) is 0 Å². The largest absolute Gasteiger partial charge is 0.504 e. The van der Waals surface area contributed by atoms with Crippen LogP contribution in [0.4, 0.5) is 0 Å². The van der Waals surface area contributed by atoms with Gasteiger partial charge in [0.05, 0.1) is 6.61 Å². The molecule has 0 aliphatic rings. The predicted octanol–water partition coefficient (Wildman–Crippen LogP) is 3.15. The molecule has 1 radical (unpaired) electrons. The van der Waals surface area contributed by atoms with Crippen molar-refractivity contribution in [1.29, 1.82) is 0 Å². The molecular weight excluding hydrogens is 176 g/mol. The molecule has 2 nitrogen and oxygen atoms in total. The van der Waals surface area contributed by atoms with Crippen LogP contribution in [-0.4, -0.2) is 11.7 Å². The van der Waals surface area contributed by atoms with Gasteiger partial charge in [0.2, 0.25) is 0 Å². The average molecular weight is 193 g/mol. The Morgan fingerprint density at radius 2 is 2.21 bits per heavy atom. The summed E-state index contributed by atoms with van der Waals surface area (Å²) in [6.45, 7) is 2.85. The molecule has 0 bridgehead atoms. The van der Waals surface area contributed by atoms with Crippen molar-refractivity contribution >= 4 is 0 Å². The standard InChI is InChI=1S/C12H17O2/c1-2-3-4-7-10-14-12-9-6-5-8-11(12)13/h5,8-9,13H,2-4,7,10H2,1H3. The Hall–Kier alpha value is -1.18. The van der Waals surface area contributed by atoms with Crippen LogP contribution in [-0.2, 0) is 0 Å². The first kappa shape index (κ1) is 10.9. The highest BCUT2D eigenvalue weighted by Gasteiger charge is 1.99. The highest BCUT2D eigenvalue weighted by molar-refractivity contribution is 5.37. The smallest absolute Gasteiger partial charge is 0.161 e. The average Bonchev–Trinajstić information content (AvgIpc) is 2.20. The number of phenols is 1. The number of benzene rings is 1. The first-order valence-corrected chi connectivity index (χ1v) is 5.16. The van der Waals surface area contributed by atoms with Gasteiger partial charge in [-0.2, -0.15) is 0 Å². The minimum Gasteiger partial charge on any atom is -0.504 e. The summed E-state index contributed by atoms with van der Waals surface area (Å²) < 4.78 is 5.40. The van der Waals surface area contributed by atoms with Gasteiger partial charge in [0.25, 0.3) is 0 Å². The van der Waals surface area contributed by atoms with E-state index >= 15 is 0 Å². The van der Waals surface area contributed by atoms with Crippen LogP contribution in [0.1, 0.15) is 32.6 Å². The minimum atomic E-state index is 0.194. The highest BCUT2D eigenvalue weighted by Crippen LogP contribution is 2.24. The molecule has 0 amide bonds. The van der Waals surface area contributed by atoms with Gasteiger partial charge in [-0.1, -0.05) is 32.3 Å². The fraction of sp³-hybridized carbons (Fsp3) is 0.500. The maximum atomic E-state index is 9.37. The van der Waals surface area contributed by atoms with Gasteiger partial charge in [-0.15, -0.1) is 0 Å². The topological polar surface area (TPSA) is 29.5 Å². The zero-order chi connectivity index (χ0) is 10.2. The molecular formula is C12H17O2. The molecule has 0 spiro atoms. The number of aromatic hydroxyl groups is 1. The summed E-state index contributed by atoms with van der Waals surface area (Å²) in [6, 6.07) is 7.78. The fourth-order valence-electron chi connectivity index (χ4n) is 1.23. The van der Waals surface area contributed by atoms with Crippen molar-refractivity contribution in [2.45, 2.75) is 32.6 Å². The SMILES string of the molecule is CCCCCCOc1c[c]ccc1O. The van der Waals surface area contributed by atoms with Crippen LogP contribution in [0.15, 0.2) is 18.2 Å². The van der Waals surface area contributed by atoms with Crippen molar-refractivity contribution in [3.8, 4) is 11.5 Å². The van der Waals surface area contributed by atoms with E-state index < -0.39 is 0 Å². The summed E-state index contributed by atoms with van der Waals surface area (Å²) in [7, 11) is 0. The molecule has 0 atom stereocenters. The van der Waals surface area contributed by atoms with E-state index in [1.807, 2.05) is 0 Å². The summed E-state index contributed by atoms with van der Waals surface area (Å²) in [6.07, 6.45) is 4.70. The molecule has 0 aliphatic heterocycles. The first-order valence-electron chi connectivity index (χ1n) is 5.16. The molecule has 0 aromatic heterocycles. The second-order valence-corrected chi connectivity index (χ2v) is 3.30. The fourth-order valence-corrected chi connectivity index (χ4v) is 1.23. The summed E-state index contributed by atoms with van der Waals surface area (Å²) in [5, 5.41) is 9.37. The van der Waals surface area contributed by atoms with Gasteiger partial charge in [0.1, 0.15) is 0 Å². The molecule has 1 aromatic rings. The maximum absolute atomic E-state index is 9.37. The van der Waals surface area contributed by atoms with Crippen LogP contribution >= 0.6 is 0 Å². The summed E-state index contributed by atoms with van der Waals surface area (Å²) in [5.41, 5.74) is 0. The molecule has 14 heavy (non-hydrogen) atoms. The van der Waals surface area contributed by atoms with Crippen LogP contribution in [0.25, 0.3) is 0 Å². The van der Waals surface area contributed by atoms with Gasteiger partial charge in [-0.25, -0.2) is 0 Å². The maximum Gasteiger partial charge on any atom is 0.161 e. The Bertz CT molecular complexity index is 258. The monoisotopic (exact) mass is 193 g/mol. The van der Waals surface area contributed by atoms with E-state index in [-0.39, 0.29) is 5.75 Å². The molecule has 1 aromatic carbocycles. The third-order valence-corrected chi connectivity index (χ3v) is 2.06. The lowest BCUT2D eigenvalue weighted by Crippen LogP contribution is -1.97. The molecule has 77 valence electrons. The number of rotatable bonds is 6. The molecule has 0 fully saturated rings. The molecule has 1 rings (SSSR count). The van der Waals surface area contributed by atoms with Gasteiger partial charge in [0.15, 0.2) is 11.5 Å². The van der Waals surface area contributed by atoms with E-state index in [0.29, 0.717) is 12.4 Å². The zero-order valence-electron chi connectivity index (χ0n) is 8.62. The molecule has 0 saturated carbocycles. The van der Waals surface area contributed by atoms with Crippen molar-refractivity contribution in [3.05, 3.63) is 24.3 Å². The lowest BCUT2D eigenvalue weighted by atomic mass is 10.2. The quantitative estimate of drug-likeness (QED) is 0.703. The summed E-state index contributed by atoms with van der Waals surface area (Å²) in [5.74, 6) is 0.725. The van der Waals surface area contributed by atoms with E-state index in [1.54, 1.807) is 18.2 Å². The van der Waals surface area contributed by atoms with Crippen molar-refractivity contribution in [2.75, 3.05) is 6.61 Å². The van der Waals surface area contributed by atoms with Crippen LogP contribution in [0, 0.1) is 6.07 Å². The van der Waals surface area contributed by atoms with Crippen LogP contribution in [0.5, 0.6) is 11.5 Å². The number of ether oxygens (including phenoxy) is 1. The van der Waals surface area contributed by atoms with E-state index in [1.165, 1.54) is 19.3 Å². The second kappa shape index (κ2) is 6.30. The number of hydrogen-bond acceptors (Lipinski definition) is 2. The Kier molecular flexibility index (Phi) is 4.90. The molecule has 0 saturated heterocycles. The van der Waals surface area contributed by atoms with Gasteiger partial charge < -0.3 is 9.84 Å². The third kappa shape index (κ3) is 3.69.